The average Bonchev–Trinajstić information content (AvgIpc) is 2.88. The molecule has 1 N–H and O–H groups in total. The Morgan fingerprint density at radius 2 is 1.68 bits per heavy atom. The van der Waals surface area contributed by atoms with E-state index in [1.807, 2.05) is 4.90 Å². The summed E-state index contributed by atoms with van der Waals surface area (Å²) in [5, 5.41) is 9.36. The summed E-state index contributed by atoms with van der Waals surface area (Å²) >= 11 is 0. The number of nitrogens with zero attached hydrogens (tertiary/aromatic N) is 2. The first-order valence-corrected chi connectivity index (χ1v) is 9.07. The fraction of sp³-hybridized carbons (Fsp3) is 0.381. The minimum atomic E-state index is 0.0612. The van der Waals surface area contributed by atoms with Crippen molar-refractivity contribution in [2.24, 2.45) is 0 Å². The Kier molecular flexibility index (Phi) is 6.07. The molecular weight excluding hydrogens is 312 g/mol. The molecule has 2 aromatic carbocycles. The first kappa shape index (κ1) is 17.5. The second-order valence-corrected chi connectivity index (χ2v) is 6.62. The molecule has 25 heavy (non-hydrogen) atoms. The molecule has 0 radical (unpaired) electrons. The fourth-order valence-corrected chi connectivity index (χ4v) is 3.34. The van der Waals surface area contributed by atoms with E-state index in [9.17, 15) is 9.90 Å². The summed E-state index contributed by atoms with van der Waals surface area (Å²) in [6, 6.07) is 17.1. The molecule has 132 valence electrons. The van der Waals surface area contributed by atoms with E-state index < -0.39 is 0 Å². The van der Waals surface area contributed by atoms with Crippen molar-refractivity contribution in [3.05, 3.63) is 65.7 Å². The maximum Gasteiger partial charge on any atom is 0.253 e. The van der Waals surface area contributed by atoms with Crippen LogP contribution in [0.25, 0.3) is 0 Å². The lowest BCUT2D eigenvalue weighted by Crippen LogP contribution is -2.35. The predicted molar refractivity (Wildman–Crippen MR) is 99.8 cm³/mol. The Labute approximate surface area is 149 Å². The number of hydrogen-bond donors (Lipinski definition) is 1. The van der Waals surface area contributed by atoms with Crippen molar-refractivity contribution in [3.63, 3.8) is 0 Å². The molecule has 1 amide bonds. The number of phenolic OH excluding ortho intramolecular Hbond substituents is 1. The summed E-state index contributed by atoms with van der Waals surface area (Å²) in [4.78, 5) is 17.0. The minimum absolute atomic E-state index is 0.0612. The smallest absolute Gasteiger partial charge is 0.253 e. The van der Waals surface area contributed by atoms with E-state index in [2.05, 4.69) is 35.2 Å². The van der Waals surface area contributed by atoms with Gasteiger partial charge in [0.25, 0.3) is 5.91 Å². The summed E-state index contributed by atoms with van der Waals surface area (Å²) in [5.74, 6) is 0.253. The van der Waals surface area contributed by atoms with Gasteiger partial charge in [-0.2, -0.15) is 0 Å². The number of amides is 1. The van der Waals surface area contributed by atoms with Crippen molar-refractivity contribution in [1.82, 2.24) is 9.80 Å². The number of aryl methyl sites for hydroxylation is 1. The number of aromatic hydroxyl groups is 1. The molecule has 1 heterocycles. The summed E-state index contributed by atoms with van der Waals surface area (Å²) in [6.07, 6.45) is 3.26. The Balaban J connectivity index is 1.47. The number of hydrogen-bond acceptors (Lipinski definition) is 3. The van der Waals surface area contributed by atoms with Crippen LogP contribution >= 0.6 is 0 Å². The van der Waals surface area contributed by atoms with Crippen LogP contribution in [0.2, 0.25) is 0 Å². The largest absolute Gasteiger partial charge is 0.508 e. The van der Waals surface area contributed by atoms with E-state index in [-0.39, 0.29) is 11.7 Å². The second kappa shape index (κ2) is 8.67. The van der Waals surface area contributed by atoms with Gasteiger partial charge in [0.2, 0.25) is 0 Å². The van der Waals surface area contributed by atoms with E-state index >= 15 is 0 Å². The van der Waals surface area contributed by atoms with Gasteiger partial charge in [0.1, 0.15) is 5.75 Å². The standard InChI is InChI=1S/C21H26N2O2/c24-20-11-9-19(10-12-20)21(25)23-15-5-14-22(16-17-23)13-4-8-18-6-2-1-3-7-18/h1-3,6-7,9-12,24H,4-5,8,13-17H2. The molecule has 4 heteroatoms. The molecule has 3 rings (SSSR count). The molecule has 0 atom stereocenters. The van der Waals surface area contributed by atoms with Crippen LogP contribution in [-0.4, -0.2) is 53.5 Å². The molecule has 1 saturated heterocycles. The van der Waals surface area contributed by atoms with E-state index in [4.69, 9.17) is 0 Å². The molecule has 0 unspecified atom stereocenters. The van der Waals surface area contributed by atoms with Crippen LogP contribution in [0.1, 0.15) is 28.8 Å². The number of carbonyl (C=O) groups excluding carboxylic acids is 1. The van der Waals surface area contributed by atoms with Crippen LogP contribution in [0, 0.1) is 0 Å². The van der Waals surface area contributed by atoms with Gasteiger partial charge in [-0.05, 0) is 62.2 Å². The van der Waals surface area contributed by atoms with Crippen LogP contribution in [0.5, 0.6) is 5.75 Å². The van der Waals surface area contributed by atoms with Gasteiger partial charge in [0, 0.05) is 25.2 Å². The highest BCUT2D eigenvalue weighted by Gasteiger charge is 2.20. The molecule has 1 aliphatic heterocycles. The summed E-state index contributed by atoms with van der Waals surface area (Å²) in [7, 11) is 0. The lowest BCUT2D eigenvalue weighted by atomic mass is 10.1. The molecule has 0 aromatic heterocycles. The first-order chi connectivity index (χ1) is 12.2. The summed E-state index contributed by atoms with van der Waals surface area (Å²) < 4.78 is 0. The van der Waals surface area contributed by atoms with Gasteiger partial charge >= 0.3 is 0 Å². The van der Waals surface area contributed by atoms with Crippen LogP contribution in [-0.2, 0) is 6.42 Å². The topological polar surface area (TPSA) is 43.8 Å². The predicted octanol–water partition coefficient (Wildman–Crippen LogP) is 3.17. The van der Waals surface area contributed by atoms with Crippen molar-refractivity contribution in [2.45, 2.75) is 19.3 Å². The molecule has 4 nitrogen and oxygen atoms in total. The van der Waals surface area contributed by atoms with Gasteiger partial charge in [0.15, 0.2) is 0 Å². The molecule has 0 bridgehead atoms. The first-order valence-electron chi connectivity index (χ1n) is 9.07. The zero-order valence-electron chi connectivity index (χ0n) is 14.6. The van der Waals surface area contributed by atoms with Gasteiger partial charge in [0.05, 0.1) is 0 Å². The van der Waals surface area contributed by atoms with Crippen molar-refractivity contribution < 1.29 is 9.90 Å². The van der Waals surface area contributed by atoms with Gasteiger partial charge in [-0.3, -0.25) is 4.79 Å². The molecule has 1 fully saturated rings. The van der Waals surface area contributed by atoms with Crippen molar-refractivity contribution in [2.75, 3.05) is 32.7 Å². The molecule has 2 aromatic rings. The summed E-state index contributed by atoms with van der Waals surface area (Å²) in [5.41, 5.74) is 2.04. The zero-order chi connectivity index (χ0) is 17.5. The average molecular weight is 338 g/mol. The SMILES string of the molecule is O=C(c1ccc(O)cc1)N1CCCN(CCCc2ccccc2)CC1. The Hall–Kier alpha value is -2.33. The van der Waals surface area contributed by atoms with E-state index in [0.29, 0.717) is 5.56 Å². The van der Waals surface area contributed by atoms with E-state index in [0.717, 1.165) is 52.0 Å². The third-order valence-electron chi connectivity index (χ3n) is 4.77. The van der Waals surface area contributed by atoms with Crippen molar-refractivity contribution in [1.29, 1.82) is 0 Å². The highest BCUT2D eigenvalue weighted by atomic mass is 16.3. The maximum absolute atomic E-state index is 12.6. The van der Waals surface area contributed by atoms with Crippen LogP contribution in [0.15, 0.2) is 54.6 Å². The monoisotopic (exact) mass is 338 g/mol. The Bertz CT molecular complexity index is 670. The lowest BCUT2D eigenvalue weighted by Gasteiger charge is -2.22. The molecule has 1 aliphatic rings. The van der Waals surface area contributed by atoms with Gasteiger partial charge in [-0.15, -0.1) is 0 Å². The Morgan fingerprint density at radius 3 is 2.44 bits per heavy atom. The van der Waals surface area contributed by atoms with E-state index in [1.54, 1.807) is 24.3 Å². The van der Waals surface area contributed by atoms with Crippen molar-refractivity contribution >= 4 is 5.91 Å². The van der Waals surface area contributed by atoms with Crippen LogP contribution in [0.4, 0.5) is 0 Å². The highest BCUT2D eigenvalue weighted by Crippen LogP contribution is 2.14. The molecular formula is C21H26N2O2. The number of phenols is 1. The van der Waals surface area contributed by atoms with Crippen molar-refractivity contribution in [3.8, 4) is 5.75 Å². The fourth-order valence-electron chi connectivity index (χ4n) is 3.34. The number of carbonyl (C=O) groups is 1. The quantitative estimate of drug-likeness (QED) is 0.911. The third-order valence-corrected chi connectivity index (χ3v) is 4.77. The lowest BCUT2D eigenvalue weighted by molar-refractivity contribution is 0.0761. The van der Waals surface area contributed by atoms with Gasteiger partial charge < -0.3 is 14.9 Å². The zero-order valence-corrected chi connectivity index (χ0v) is 14.6. The highest BCUT2D eigenvalue weighted by molar-refractivity contribution is 5.94. The maximum atomic E-state index is 12.6. The molecule has 0 aliphatic carbocycles. The normalized spacial score (nSPS) is 15.8. The van der Waals surface area contributed by atoms with Gasteiger partial charge in [-0.1, -0.05) is 30.3 Å². The third kappa shape index (κ3) is 5.07. The van der Waals surface area contributed by atoms with Crippen LogP contribution < -0.4 is 0 Å². The number of benzene rings is 2. The minimum Gasteiger partial charge on any atom is -0.508 e. The summed E-state index contributed by atoms with van der Waals surface area (Å²) in [6.45, 7) is 4.63. The van der Waals surface area contributed by atoms with Crippen LogP contribution in [0.3, 0.4) is 0 Å². The Morgan fingerprint density at radius 1 is 0.920 bits per heavy atom. The second-order valence-electron chi connectivity index (χ2n) is 6.62. The van der Waals surface area contributed by atoms with Gasteiger partial charge in [-0.25, -0.2) is 0 Å². The molecule has 0 saturated carbocycles. The number of rotatable bonds is 5. The molecule has 0 spiro atoms. The van der Waals surface area contributed by atoms with E-state index in [1.165, 1.54) is 5.56 Å².